The summed E-state index contributed by atoms with van der Waals surface area (Å²) < 4.78 is 0. The molecule has 2 aromatic rings. The van der Waals surface area contributed by atoms with Crippen molar-refractivity contribution in [3.8, 4) is 11.5 Å². The van der Waals surface area contributed by atoms with E-state index in [2.05, 4.69) is 25.5 Å². The van der Waals surface area contributed by atoms with Gasteiger partial charge in [-0.15, -0.1) is 10.2 Å². The molecule has 1 saturated heterocycles. The molecule has 3 heterocycles. The van der Waals surface area contributed by atoms with Crippen LogP contribution in [0.2, 0.25) is 0 Å². The van der Waals surface area contributed by atoms with Crippen molar-refractivity contribution in [2.75, 3.05) is 11.9 Å². The lowest BCUT2D eigenvalue weighted by Gasteiger charge is -2.20. The summed E-state index contributed by atoms with van der Waals surface area (Å²) in [5.41, 5.74) is 0.641. The molecule has 1 atom stereocenters. The zero-order valence-corrected chi connectivity index (χ0v) is 13.0. The Hall–Kier alpha value is -2.77. The minimum absolute atomic E-state index is 0.00638. The zero-order valence-electron chi connectivity index (χ0n) is 13.0. The Kier molecular flexibility index (Phi) is 4.05. The van der Waals surface area contributed by atoms with Gasteiger partial charge in [0.25, 0.3) is 0 Å². The molecule has 2 N–H and O–H groups in total. The number of anilines is 1. The van der Waals surface area contributed by atoms with Crippen molar-refractivity contribution in [3.05, 3.63) is 24.4 Å². The molecule has 2 aromatic heterocycles. The Morgan fingerprint density at radius 1 is 1.39 bits per heavy atom. The number of nitrogens with zero attached hydrogens (tertiary/aromatic N) is 4. The molecule has 23 heavy (non-hydrogen) atoms. The van der Waals surface area contributed by atoms with E-state index in [0.29, 0.717) is 18.1 Å². The molecule has 0 aromatic carbocycles. The molecular weight excluding hydrogens is 296 g/mol. The number of hydrogen-bond acceptors (Lipinski definition) is 5. The van der Waals surface area contributed by atoms with E-state index in [9.17, 15) is 9.59 Å². The maximum atomic E-state index is 12.3. The number of likely N-dealkylation sites (tertiary alicyclic amines) is 1. The number of aromatic nitrogens is 4. The Bertz CT molecular complexity index is 712. The van der Waals surface area contributed by atoms with Gasteiger partial charge in [-0.25, -0.2) is 0 Å². The molecule has 0 spiro atoms. The van der Waals surface area contributed by atoms with Gasteiger partial charge in [0.2, 0.25) is 17.8 Å². The molecule has 8 nitrogen and oxygen atoms in total. The van der Waals surface area contributed by atoms with Crippen molar-refractivity contribution in [2.24, 2.45) is 5.92 Å². The van der Waals surface area contributed by atoms with E-state index in [0.717, 1.165) is 0 Å². The Morgan fingerprint density at radius 3 is 2.87 bits per heavy atom. The van der Waals surface area contributed by atoms with Crippen LogP contribution in [0.3, 0.4) is 0 Å². The summed E-state index contributed by atoms with van der Waals surface area (Å²) in [4.78, 5) is 32.9. The Morgan fingerprint density at radius 2 is 2.22 bits per heavy atom. The van der Waals surface area contributed by atoms with Gasteiger partial charge in [0, 0.05) is 25.2 Å². The minimum atomic E-state index is -0.367. The maximum Gasteiger partial charge on any atom is 0.232 e. The Labute approximate surface area is 133 Å². The normalized spacial score (nSPS) is 17.8. The third kappa shape index (κ3) is 3.20. The van der Waals surface area contributed by atoms with Crippen LogP contribution in [0.15, 0.2) is 24.4 Å². The highest BCUT2D eigenvalue weighted by atomic mass is 16.2. The summed E-state index contributed by atoms with van der Waals surface area (Å²) in [7, 11) is 0. The monoisotopic (exact) mass is 314 g/mol. The van der Waals surface area contributed by atoms with Gasteiger partial charge < -0.3 is 9.88 Å². The highest BCUT2D eigenvalue weighted by molar-refractivity contribution is 5.96. The molecular formula is C15H18N6O2. The largest absolute Gasteiger partial charge is 0.339 e. The molecule has 0 radical (unpaired) electrons. The molecule has 1 unspecified atom stereocenters. The SMILES string of the molecule is CC(C)N1CC(C(=O)Nc2nnc(-c3ccccn3)[nH]2)CC1=O. The van der Waals surface area contributed by atoms with Gasteiger partial charge in [-0.2, -0.15) is 0 Å². The number of aromatic amines is 1. The highest BCUT2D eigenvalue weighted by Crippen LogP contribution is 2.21. The summed E-state index contributed by atoms with van der Waals surface area (Å²) in [5, 5.41) is 10.5. The van der Waals surface area contributed by atoms with Crippen molar-refractivity contribution in [1.82, 2.24) is 25.1 Å². The van der Waals surface area contributed by atoms with Crippen molar-refractivity contribution in [1.29, 1.82) is 0 Å². The number of rotatable bonds is 4. The summed E-state index contributed by atoms with van der Waals surface area (Å²) in [6.07, 6.45) is 1.88. The lowest BCUT2D eigenvalue weighted by atomic mass is 10.1. The molecule has 120 valence electrons. The first-order valence-electron chi connectivity index (χ1n) is 7.49. The topological polar surface area (TPSA) is 104 Å². The number of pyridine rings is 1. The maximum absolute atomic E-state index is 12.3. The first kappa shape index (κ1) is 15.1. The third-order valence-electron chi connectivity index (χ3n) is 3.79. The summed E-state index contributed by atoms with van der Waals surface area (Å²) in [6.45, 7) is 4.31. The standard InChI is InChI=1S/C15H18N6O2/c1-9(2)21-8-10(7-12(21)22)14(23)18-15-17-13(19-20-15)11-5-3-4-6-16-11/h3-6,9-10H,7-8H2,1-2H3,(H2,17,18,19,20,23). The van der Waals surface area contributed by atoms with Crippen LogP contribution < -0.4 is 5.32 Å². The number of carbonyl (C=O) groups excluding carboxylic acids is 2. The number of nitrogens with one attached hydrogen (secondary N) is 2. The fraction of sp³-hybridized carbons (Fsp3) is 0.400. The molecule has 3 rings (SSSR count). The second-order valence-corrected chi connectivity index (χ2v) is 5.77. The van der Waals surface area contributed by atoms with Gasteiger partial charge in [-0.1, -0.05) is 6.07 Å². The lowest BCUT2D eigenvalue weighted by Crippen LogP contribution is -2.33. The van der Waals surface area contributed by atoms with E-state index in [1.807, 2.05) is 19.9 Å². The van der Waals surface area contributed by atoms with Gasteiger partial charge in [0.05, 0.1) is 5.92 Å². The van der Waals surface area contributed by atoms with Crippen molar-refractivity contribution in [2.45, 2.75) is 26.3 Å². The highest BCUT2D eigenvalue weighted by Gasteiger charge is 2.35. The van der Waals surface area contributed by atoms with Gasteiger partial charge in [0.1, 0.15) is 5.69 Å². The van der Waals surface area contributed by atoms with Gasteiger partial charge in [0.15, 0.2) is 5.82 Å². The molecule has 1 aliphatic rings. The lowest BCUT2D eigenvalue weighted by molar-refractivity contribution is -0.129. The Balaban J connectivity index is 1.65. The van der Waals surface area contributed by atoms with E-state index in [-0.39, 0.29) is 36.1 Å². The smallest absolute Gasteiger partial charge is 0.232 e. The first-order chi connectivity index (χ1) is 11.0. The third-order valence-corrected chi connectivity index (χ3v) is 3.79. The second-order valence-electron chi connectivity index (χ2n) is 5.77. The summed E-state index contributed by atoms with van der Waals surface area (Å²) in [5.74, 6) is 0.142. The van der Waals surface area contributed by atoms with Crippen molar-refractivity contribution in [3.63, 3.8) is 0 Å². The fourth-order valence-electron chi connectivity index (χ4n) is 2.56. The second kappa shape index (κ2) is 6.15. The van der Waals surface area contributed by atoms with Crippen molar-refractivity contribution >= 4 is 17.8 Å². The molecule has 1 aliphatic heterocycles. The van der Waals surface area contributed by atoms with Gasteiger partial charge in [-0.3, -0.25) is 19.9 Å². The van der Waals surface area contributed by atoms with Crippen LogP contribution in [-0.4, -0.2) is 49.5 Å². The van der Waals surface area contributed by atoms with Gasteiger partial charge >= 0.3 is 0 Å². The molecule has 8 heteroatoms. The van der Waals surface area contributed by atoms with E-state index < -0.39 is 0 Å². The molecule has 0 aliphatic carbocycles. The quantitative estimate of drug-likeness (QED) is 0.878. The molecule has 1 fully saturated rings. The first-order valence-corrected chi connectivity index (χ1v) is 7.49. The van der Waals surface area contributed by atoms with Crippen molar-refractivity contribution < 1.29 is 9.59 Å². The van der Waals surface area contributed by atoms with E-state index in [4.69, 9.17) is 0 Å². The predicted octanol–water partition coefficient (Wildman–Crippen LogP) is 1.06. The average molecular weight is 314 g/mol. The van der Waals surface area contributed by atoms with E-state index in [1.54, 1.807) is 23.2 Å². The van der Waals surface area contributed by atoms with Crippen LogP contribution in [0.1, 0.15) is 20.3 Å². The molecule has 0 saturated carbocycles. The summed E-state index contributed by atoms with van der Waals surface area (Å²) >= 11 is 0. The number of carbonyl (C=O) groups is 2. The number of H-pyrrole nitrogens is 1. The van der Waals surface area contributed by atoms with Crippen LogP contribution >= 0.6 is 0 Å². The average Bonchev–Trinajstić information content (AvgIpc) is 3.15. The molecule has 0 bridgehead atoms. The molecule has 2 amide bonds. The van der Waals surface area contributed by atoms with Gasteiger partial charge in [-0.05, 0) is 26.0 Å². The van der Waals surface area contributed by atoms with Crippen LogP contribution in [0.25, 0.3) is 11.5 Å². The minimum Gasteiger partial charge on any atom is -0.339 e. The zero-order chi connectivity index (χ0) is 16.4. The van der Waals surface area contributed by atoms with Crippen LogP contribution in [0, 0.1) is 5.92 Å². The van der Waals surface area contributed by atoms with Crippen LogP contribution in [0.4, 0.5) is 5.95 Å². The fourth-order valence-corrected chi connectivity index (χ4v) is 2.56. The van der Waals surface area contributed by atoms with Crippen LogP contribution in [-0.2, 0) is 9.59 Å². The predicted molar refractivity (Wildman–Crippen MR) is 83.2 cm³/mol. The summed E-state index contributed by atoms with van der Waals surface area (Å²) in [6, 6.07) is 5.54. The number of amides is 2. The van der Waals surface area contributed by atoms with E-state index in [1.165, 1.54) is 0 Å². The number of hydrogen-bond donors (Lipinski definition) is 2. The van der Waals surface area contributed by atoms with E-state index >= 15 is 0 Å². The van der Waals surface area contributed by atoms with Crippen LogP contribution in [0.5, 0.6) is 0 Å².